The summed E-state index contributed by atoms with van der Waals surface area (Å²) in [6.45, 7) is 2.49. The van der Waals surface area contributed by atoms with E-state index in [1.165, 1.54) is 16.2 Å². The number of nitrogens with two attached hydrogens (primary N) is 1. The number of halogens is 2. The van der Waals surface area contributed by atoms with Gasteiger partial charge in [-0.15, -0.1) is 22.7 Å². The fraction of sp³-hybridized carbons (Fsp3) is 0.267. The van der Waals surface area contributed by atoms with Gasteiger partial charge in [0.2, 0.25) is 0 Å². The number of aliphatic hydroxyl groups excluding tert-OH is 1. The highest BCUT2D eigenvalue weighted by molar-refractivity contribution is 9.10. The Morgan fingerprint density at radius 3 is 2.96 bits per heavy atom. The van der Waals surface area contributed by atoms with Crippen LogP contribution in [0.1, 0.15) is 22.8 Å². The number of anilines is 1. The number of aromatic nitrogens is 1. The van der Waals surface area contributed by atoms with E-state index in [9.17, 15) is 5.11 Å². The van der Waals surface area contributed by atoms with Gasteiger partial charge in [0.05, 0.1) is 25.3 Å². The highest BCUT2D eigenvalue weighted by atomic mass is 79.9. The molecule has 0 aliphatic rings. The first kappa shape index (κ1) is 17.1. The van der Waals surface area contributed by atoms with Crippen molar-refractivity contribution in [3.63, 3.8) is 0 Å². The summed E-state index contributed by atoms with van der Waals surface area (Å²) in [6, 6.07) is 5.54. The summed E-state index contributed by atoms with van der Waals surface area (Å²) in [5.74, 6) is 0. The van der Waals surface area contributed by atoms with Gasteiger partial charge in [-0.3, -0.25) is 0 Å². The molecular formula is C15H15BrClN3OS2. The van der Waals surface area contributed by atoms with Crippen LogP contribution in [-0.4, -0.2) is 16.1 Å². The van der Waals surface area contributed by atoms with E-state index in [0.717, 1.165) is 25.3 Å². The van der Waals surface area contributed by atoms with Gasteiger partial charge in [0.15, 0.2) is 0 Å². The number of thiophene rings is 2. The van der Waals surface area contributed by atoms with Crippen molar-refractivity contribution >= 4 is 66.1 Å². The molecule has 1 unspecified atom stereocenters. The Balaban J connectivity index is 2.02. The Morgan fingerprint density at radius 2 is 2.30 bits per heavy atom. The summed E-state index contributed by atoms with van der Waals surface area (Å²) in [6.07, 6.45) is -0.743. The molecule has 3 aromatic rings. The number of pyridine rings is 1. The zero-order valence-electron chi connectivity index (χ0n) is 12.2. The number of hydrogen-bond acceptors (Lipinski definition) is 6. The Bertz CT molecular complexity index is 820. The van der Waals surface area contributed by atoms with Crippen molar-refractivity contribution in [3.05, 3.63) is 43.0 Å². The first-order valence-corrected chi connectivity index (χ1v) is 9.82. The molecule has 8 heteroatoms. The molecule has 0 bridgehead atoms. The SMILES string of the molecule is C[C@H](N)C(O)c1sc2c(NCc3cccs3)cc(Cl)nc2c1Br. The topological polar surface area (TPSA) is 71.2 Å². The number of nitrogens with zero attached hydrogens (tertiary/aromatic N) is 1. The summed E-state index contributed by atoms with van der Waals surface area (Å²) < 4.78 is 1.71. The van der Waals surface area contributed by atoms with Crippen LogP contribution in [0.3, 0.4) is 0 Å². The second-order valence-corrected chi connectivity index (χ2v) is 8.45. The Morgan fingerprint density at radius 1 is 1.52 bits per heavy atom. The fourth-order valence-electron chi connectivity index (χ4n) is 2.18. The summed E-state index contributed by atoms with van der Waals surface area (Å²) >= 11 is 12.9. The third-order valence-corrected chi connectivity index (χ3v) is 6.80. The zero-order valence-corrected chi connectivity index (χ0v) is 16.2. The molecule has 3 aromatic heterocycles. The maximum absolute atomic E-state index is 10.3. The Kier molecular flexibility index (Phi) is 5.25. The Hall–Kier alpha value is -0.700. The molecule has 23 heavy (non-hydrogen) atoms. The molecule has 0 aliphatic heterocycles. The standard InChI is InChI=1S/C15H15BrClN3OS2/c1-7(18)13(21)15-11(16)12-14(23-15)9(5-10(17)20-12)19-6-8-3-2-4-22-8/h2-5,7,13,21H,6,18H2,1H3,(H,19,20)/t7-,13?/m0/s1. The fourth-order valence-corrected chi connectivity index (χ4v) is 5.14. The van der Waals surface area contributed by atoms with Crippen LogP contribution in [0.5, 0.6) is 0 Å². The van der Waals surface area contributed by atoms with Gasteiger partial charge in [-0.25, -0.2) is 4.98 Å². The average molecular weight is 433 g/mol. The van der Waals surface area contributed by atoms with E-state index in [1.807, 2.05) is 17.5 Å². The summed E-state index contributed by atoms with van der Waals surface area (Å²) in [5.41, 5.74) is 7.47. The van der Waals surface area contributed by atoms with E-state index in [2.05, 4.69) is 32.3 Å². The molecule has 0 amide bonds. The lowest BCUT2D eigenvalue weighted by Gasteiger charge is -2.12. The van der Waals surface area contributed by atoms with E-state index in [1.54, 1.807) is 18.3 Å². The normalized spacial score (nSPS) is 14.1. The van der Waals surface area contributed by atoms with Crippen LogP contribution in [0.4, 0.5) is 5.69 Å². The highest BCUT2D eigenvalue weighted by Gasteiger charge is 2.23. The molecule has 0 spiro atoms. The molecule has 3 rings (SSSR count). The van der Waals surface area contributed by atoms with Crippen molar-refractivity contribution in [2.75, 3.05) is 5.32 Å². The lowest BCUT2D eigenvalue weighted by atomic mass is 10.1. The van der Waals surface area contributed by atoms with Gasteiger partial charge < -0.3 is 16.2 Å². The first-order chi connectivity index (χ1) is 11.0. The second-order valence-electron chi connectivity index (χ2n) is 5.19. The van der Waals surface area contributed by atoms with Crippen LogP contribution >= 0.6 is 50.2 Å². The number of fused-ring (bicyclic) bond motifs is 1. The molecule has 0 radical (unpaired) electrons. The average Bonchev–Trinajstić information content (AvgIpc) is 3.13. The van der Waals surface area contributed by atoms with E-state index in [-0.39, 0.29) is 6.04 Å². The molecule has 0 aliphatic carbocycles. The van der Waals surface area contributed by atoms with E-state index >= 15 is 0 Å². The van der Waals surface area contributed by atoms with Crippen LogP contribution in [-0.2, 0) is 6.54 Å². The van der Waals surface area contributed by atoms with Crippen molar-refractivity contribution in [1.29, 1.82) is 0 Å². The molecule has 4 N–H and O–H groups in total. The first-order valence-electron chi connectivity index (χ1n) is 6.95. The predicted octanol–water partition coefficient (Wildman–Crippen LogP) is 4.77. The summed E-state index contributed by atoms with van der Waals surface area (Å²) in [7, 11) is 0. The number of aliphatic hydroxyl groups is 1. The summed E-state index contributed by atoms with van der Waals surface area (Å²) in [5, 5.41) is 16.2. The van der Waals surface area contributed by atoms with Crippen molar-refractivity contribution in [2.45, 2.75) is 25.6 Å². The van der Waals surface area contributed by atoms with E-state index in [4.69, 9.17) is 17.3 Å². The van der Waals surface area contributed by atoms with Gasteiger partial charge in [0.1, 0.15) is 11.3 Å². The Labute approximate surface area is 155 Å². The minimum Gasteiger partial charge on any atom is -0.386 e. The lowest BCUT2D eigenvalue weighted by molar-refractivity contribution is 0.156. The quantitative estimate of drug-likeness (QED) is 0.508. The van der Waals surface area contributed by atoms with Gasteiger partial charge >= 0.3 is 0 Å². The minimum absolute atomic E-state index is 0.364. The zero-order chi connectivity index (χ0) is 16.6. The van der Waals surface area contributed by atoms with Gasteiger partial charge in [-0.1, -0.05) is 17.7 Å². The number of rotatable bonds is 5. The molecule has 0 fully saturated rings. The largest absolute Gasteiger partial charge is 0.386 e. The molecule has 0 aromatic carbocycles. The number of hydrogen-bond donors (Lipinski definition) is 3. The van der Waals surface area contributed by atoms with Gasteiger partial charge in [-0.05, 0) is 34.3 Å². The second kappa shape index (κ2) is 7.04. The summed E-state index contributed by atoms with van der Waals surface area (Å²) in [4.78, 5) is 6.38. The maximum Gasteiger partial charge on any atom is 0.131 e. The lowest BCUT2D eigenvalue weighted by Crippen LogP contribution is -2.23. The molecule has 0 saturated heterocycles. The third kappa shape index (κ3) is 3.55. The van der Waals surface area contributed by atoms with Crippen molar-refractivity contribution in [2.24, 2.45) is 5.73 Å². The van der Waals surface area contributed by atoms with Crippen LogP contribution in [0.25, 0.3) is 10.2 Å². The van der Waals surface area contributed by atoms with Crippen LogP contribution in [0, 0.1) is 0 Å². The van der Waals surface area contributed by atoms with E-state index < -0.39 is 6.10 Å². The maximum atomic E-state index is 10.3. The molecule has 2 atom stereocenters. The number of nitrogens with one attached hydrogen (secondary N) is 1. The van der Waals surface area contributed by atoms with Crippen molar-refractivity contribution < 1.29 is 5.11 Å². The smallest absolute Gasteiger partial charge is 0.131 e. The highest BCUT2D eigenvalue weighted by Crippen LogP contribution is 2.43. The van der Waals surface area contributed by atoms with Crippen molar-refractivity contribution in [3.8, 4) is 0 Å². The van der Waals surface area contributed by atoms with Crippen molar-refractivity contribution in [1.82, 2.24) is 4.98 Å². The molecule has 0 saturated carbocycles. The molecule has 3 heterocycles. The molecule has 4 nitrogen and oxygen atoms in total. The van der Waals surface area contributed by atoms with Gasteiger partial charge in [-0.2, -0.15) is 0 Å². The van der Waals surface area contributed by atoms with Crippen LogP contribution in [0.15, 0.2) is 28.1 Å². The van der Waals surface area contributed by atoms with Crippen LogP contribution < -0.4 is 11.1 Å². The molecule has 122 valence electrons. The monoisotopic (exact) mass is 431 g/mol. The molecular weight excluding hydrogens is 418 g/mol. The van der Waals surface area contributed by atoms with Gasteiger partial charge in [0, 0.05) is 23.5 Å². The van der Waals surface area contributed by atoms with E-state index in [0.29, 0.717) is 11.7 Å². The van der Waals surface area contributed by atoms with Gasteiger partial charge in [0.25, 0.3) is 0 Å². The minimum atomic E-state index is -0.743. The third-order valence-electron chi connectivity index (χ3n) is 3.38. The predicted molar refractivity (Wildman–Crippen MR) is 103 cm³/mol. The van der Waals surface area contributed by atoms with Crippen LogP contribution in [0.2, 0.25) is 5.15 Å².